The molecule has 1 aromatic heterocycles. The lowest BCUT2D eigenvalue weighted by Crippen LogP contribution is -2.34. The van der Waals surface area contributed by atoms with Crippen molar-refractivity contribution in [3.8, 4) is 28.4 Å². The fraction of sp³-hybridized carbons (Fsp3) is 0.393. The Labute approximate surface area is 212 Å². The molecule has 8 nitrogen and oxygen atoms in total. The quantitative estimate of drug-likeness (QED) is 0.441. The molecule has 0 saturated carbocycles. The molecule has 0 saturated heterocycles. The topological polar surface area (TPSA) is 91.7 Å². The highest BCUT2D eigenvalue weighted by atomic mass is 16.6. The zero-order valence-corrected chi connectivity index (χ0v) is 22.3. The molecule has 0 radical (unpaired) electrons. The van der Waals surface area contributed by atoms with Gasteiger partial charge >= 0.3 is 5.97 Å². The van der Waals surface area contributed by atoms with Crippen LogP contribution >= 0.6 is 0 Å². The lowest BCUT2D eigenvalue weighted by molar-refractivity contribution is -0.153. The Morgan fingerprint density at radius 2 is 1.67 bits per heavy atom. The fourth-order valence-electron chi connectivity index (χ4n) is 3.91. The van der Waals surface area contributed by atoms with E-state index in [9.17, 15) is 9.59 Å². The summed E-state index contributed by atoms with van der Waals surface area (Å²) in [4.78, 5) is 25.2. The van der Waals surface area contributed by atoms with E-state index in [0.717, 1.165) is 16.8 Å². The summed E-state index contributed by atoms with van der Waals surface area (Å²) in [6, 6.07) is 13.3. The van der Waals surface area contributed by atoms with Crippen molar-refractivity contribution in [2.24, 2.45) is 0 Å². The van der Waals surface area contributed by atoms with Crippen molar-refractivity contribution in [1.29, 1.82) is 0 Å². The third kappa shape index (κ3) is 6.05. The fourth-order valence-corrected chi connectivity index (χ4v) is 3.91. The van der Waals surface area contributed by atoms with E-state index in [4.69, 9.17) is 14.2 Å². The molecule has 8 heteroatoms. The zero-order valence-electron chi connectivity index (χ0n) is 22.3. The molecule has 1 N–H and O–H groups in total. The van der Waals surface area contributed by atoms with Gasteiger partial charge in [-0.15, -0.1) is 0 Å². The van der Waals surface area contributed by atoms with Crippen molar-refractivity contribution in [3.63, 3.8) is 0 Å². The number of methoxy groups -OCH3 is 2. The molecule has 0 aliphatic heterocycles. The van der Waals surface area contributed by atoms with E-state index in [1.165, 1.54) is 0 Å². The molecule has 0 atom stereocenters. The first-order valence-electron chi connectivity index (χ1n) is 11.9. The van der Waals surface area contributed by atoms with E-state index in [1.807, 2.05) is 37.3 Å². The maximum atomic E-state index is 13.1. The summed E-state index contributed by atoms with van der Waals surface area (Å²) in [5, 5.41) is 7.29. The standard InChI is InChI=1S/C28H35N3O5/c1-17(2)19-14-18(3)12-13-21(19)31-22(26-23(34-7)10-9-11-24(26)35-8)15-20(30-31)27(33)29-16-25(32)36-28(4,5)6/h9-15,17H,16H2,1-8H3,(H,29,33). The first kappa shape index (κ1) is 26.8. The number of hydrogen-bond donors (Lipinski definition) is 1. The van der Waals surface area contributed by atoms with Gasteiger partial charge in [-0.25, -0.2) is 4.68 Å². The van der Waals surface area contributed by atoms with Crippen LogP contribution in [-0.2, 0) is 9.53 Å². The second-order valence-corrected chi connectivity index (χ2v) is 9.85. The largest absolute Gasteiger partial charge is 0.496 e. The molecule has 1 heterocycles. The highest BCUT2D eigenvalue weighted by molar-refractivity contribution is 5.96. The number of nitrogens with zero attached hydrogens (tertiary/aromatic N) is 2. The summed E-state index contributed by atoms with van der Waals surface area (Å²) in [5.74, 6) is 0.347. The average Bonchev–Trinajstić information content (AvgIpc) is 3.25. The van der Waals surface area contributed by atoms with Gasteiger partial charge in [0, 0.05) is 0 Å². The number of rotatable bonds is 8. The second-order valence-electron chi connectivity index (χ2n) is 9.85. The molecule has 0 bridgehead atoms. The SMILES string of the molecule is COc1cccc(OC)c1-c1cc(C(=O)NCC(=O)OC(C)(C)C)nn1-c1ccc(C)cc1C(C)C. The van der Waals surface area contributed by atoms with Crippen molar-refractivity contribution in [1.82, 2.24) is 15.1 Å². The number of nitrogens with one attached hydrogen (secondary N) is 1. The van der Waals surface area contributed by atoms with E-state index in [2.05, 4.69) is 30.3 Å². The van der Waals surface area contributed by atoms with Gasteiger partial charge in [-0.1, -0.05) is 37.6 Å². The number of amides is 1. The third-order valence-corrected chi connectivity index (χ3v) is 5.47. The summed E-state index contributed by atoms with van der Waals surface area (Å²) in [7, 11) is 3.16. The molecule has 192 valence electrons. The lowest BCUT2D eigenvalue weighted by atomic mass is 9.98. The van der Waals surface area contributed by atoms with Gasteiger partial charge in [0.2, 0.25) is 0 Å². The molecule has 0 unspecified atom stereocenters. The number of benzene rings is 2. The van der Waals surface area contributed by atoms with Gasteiger partial charge in [-0.2, -0.15) is 5.10 Å². The number of esters is 1. The Morgan fingerprint density at radius 3 is 2.22 bits per heavy atom. The molecule has 2 aromatic carbocycles. The molecule has 3 aromatic rings. The minimum Gasteiger partial charge on any atom is -0.496 e. The first-order valence-corrected chi connectivity index (χ1v) is 11.9. The van der Waals surface area contributed by atoms with E-state index in [-0.39, 0.29) is 18.2 Å². The van der Waals surface area contributed by atoms with Crippen LogP contribution in [0, 0.1) is 6.92 Å². The van der Waals surface area contributed by atoms with Crippen LogP contribution in [0.3, 0.4) is 0 Å². The Kier molecular flexibility index (Phi) is 8.07. The second kappa shape index (κ2) is 10.8. The van der Waals surface area contributed by atoms with Gasteiger partial charge in [-0.05, 0) is 63.4 Å². The van der Waals surface area contributed by atoms with Crippen molar-refractivity contribution in [2.75, 3.05) is 20.8 Å². The van der Waals surface area contributed by atoms with Crippen molar-refractivity contribution >= 4 is 11.9 Å². The van der Waals surface area contributed by atoms with E-state index >= 15 is 0 Å². The number of ether oxygens (including phenoxy) is 3. The summed E-state index contributed by atoms with van der Waals surface area (Å²) in [6.45, 7) is 11.3. The molecule has 1 amide bonds. The van der Waals surface area contributed by atoms with Crippen LogP contribution in [0.2, 0.25) is 0 Å². The molecule has 0 fully saturated rings. The molecule has 3 rings (SSSR count). The predicted molar refractivity (Wildman–Crippen MR) is 139 cm³/mol. The predicted octanol–water partition coefficient (Wildman–Crippen LogP) is 5.06. The summed E-state index contributed by atoms with van der Waals surface area (Å²) in [6.07, 6.45) is 0. The smallest absolute Gasteiger partial charge is 0.325 e. The Morgan fingerprint density at radius 1 is 1.03 bits per heavy atom. The van der Waals surface area contributed by atoms with Gasteiger partial charge in [0.05, 0.1) is 31.2 Å². The molecular formula is C28H35N3O5. The maximum absolute atomic E-state index is 13.1. The maximum Gasteiger partial charge on any atom is 0.325 e. The summed E-state index contributed by atoms with van der Waals surface area (Å²) >= 11 is 0. The molecular weight excluding hydrogens is 458 g/mol. The molecule has 0 aliphatic rings. The van der Waals surface area contributed by atoms with Gasteiger partial charge < -0.3 is 19.5 Å². The van der Waals surface area contributed by atoms with Crippen molar-refractivity contribution in [3.05, 3.63) is 59.3 Å². The monoisotopic (exact) mass is 493 g/mol. The zero-order chi connectivity index (χ0) is 26.6. The van der Waals surface area contributed by atoms with Gasteiger partial charge in [0.1, 0.15) is 23.6 Å². The van der Waals surface area contributed by atoms with Gasteiger partial charge in [-0.3, -0.25) is 9.59 Å². The normalized spacial score (nSPS) is 11.4. The van der Waals surface area contributed by atoms with Crippen LogP contribution in [0.25, 0.3) is 16.9 Å². The first-order chi connectivity index (χ1) is 16.9. The minimum absolute atomic E-state index is 0.150. The van der Waals surface area contributed by atoms with Gasteiger partial charge in [0.15, 0.2) is 5.69 Å². The van der Waals surface area contributed by atoms with Crippen LogP contribution < -0.4 is 14.8 Å². The Balaban J connectivity index is 2.14. The Bertz CT molecular complexity index is 1230. The van der Waals surface area contributed by atoms with E-state index in [1.54, 1.807) is 45.7 Å². The molecule has 0 aliphatic carbocycles. The molecule has 0 spiro atoms. The van der Waals surface area contributed by atoms with E-state index in [0.29, 0.717) is 22.8 Å². The van der Waals surface area contributed by atoms with Gasteiger partial charge in [0.25, 0.3) is 5.91 Å². The van der Waals surface area contributed by atoms with Crippen LogP contribution in [-0.4, -0.2) is 48.0 Å². The minimum atomic E-state index is -0.643. The number of hydrogen-bond acceptors (Lipinski definition) is 6. The number of aryl methyl sites for hydroxylation is 1. The van der Waals surface area contributed by atoms with Crippen LogP contribution in [0.5, 0.6) is 11.5 Å². The number of aromatic nitrogens is 2. The van der Waals surface area contributed by atoms with Crippen LogP contribution in [0.15, 0.2) is 42.5 Å². The lowest BCUT2D eigenvalue weighted by Gasteiger charge is -2.19. The highest BCUT2D eigenvalue weighted by Gasteiger charge is 2.25. The number of carbonyl (C=O) groups excluding carboxylic acids is 2. The van der Waals surface area contributed by atoms with Crippen molar-refractivity contribution in [2.45, 2.75) is 53.1 Å². The van der Waals surface area contributed by atoms with Crippen molar-refractivity contribution < 1.29 is 23.8 Å². The average molecular weight is 494 g/mol. The molecule has 36 heavy (non-hydrogen) atoms. The number of carbonyl (C=O) groups is 2. The Hall–Kier alpha value is -3.81. The highest BCUT2D eigenvalue weighted by Crippen LogP contribution is 2.40. The summed E-state index contributed by atoms with van der Waals surface area (Å²) < 4.78 is 18.3. The van der Waals surface area contributed by atoms with Crippen LogP contribution in [0.4, 0.5) is 0 Å². The van der Waals surface area contributed by atoms with E-state index < -0.39 is 17.5 Å². The van der Waals surface area contributed by atoms with Crippen LogP contribution in [0.1, 0.15) is 62.2 Å². The third-order valence-electron chi connectivity index (χ3n) is 5.47. The summed E-state index contributed by atoms with van der Waals surface area (Å²) in [5.41, 5.74) is 3.83.